The van der Waals surface area contributed by atoms with Crippen molar-refractivity contribution in [2.24, 2.45) is 12.0 Å². The standard InChI is InChI=1S/C19H27Cl2N5.HI/c1-12-15(13(2)26(6)25-12)10-23-18(22-5)24-11-19(3,4)14-7-8-16(20)17(21)9-14;/h7-9H,10-11H2,1-6H3,(H2,22,23,24);1H. The van der Waals surface area contributed by atoms with Crippen molar-refractivity contribution < 1.29 is 0 Å². The third-order valence-corrected chi connectivity index (χ3v) is 5.45. The van der Waals surface area contributed by atoms with Gasteiger partial charge in [0.1, 0.15) is 0 Å². The second-order valence-electron chi connectivity index (χ2n) is 7.07. The van der Waals surface area contributed by atoms with Crippen LogP contribution in [0, 0.1) is 13.8 Å². The van der Waals surface area contributed by atoms with E-state index in [2.05, 4.69) is 41.5 Å². The average Bonchev–Trinajstić information content (AvgIpc) is 2.83. The predicted octanol–water partition coefficient (Wildman–Crippen LogP) is 4.60. The highest BCUT2D eigenvalue weighted by Crippen LogP contribution is 2.29. The lowest BCUT2D eigenvalue weighted by Crippen LogP contribution is -2.43. The molecule has 150 valence electrons. The monoisotopic (exact) mass is 523 g/mol. The molecule has 8 heteroatoms. The Morgan fingerprint density at radius 2 is 1.85 bits per heavy atom. The number of aromatic nitrogens is 2. The first-order valence-corrected chi connectivity index (χ1v) is 9.30. The molecule has 1 aromatic heterocycles. The van der Waals surface area contributed by atoms with Crippen molar-refractivity contribution in [2.45, 2.75) is 39.7 Å². The van der Waals surface area contributed by atoms with Crippen LogP contribution in [0.3, 0.4) is 0 Å². The molecule has 0 unspecified atom stereocenters. The molecule has 2 aromatic rings. The van der Waals surface area contributed by atoms with Crippen LogP contribution in [0.5, 0.6) is 0 Å². The summed E-state index contributed by atoms with van der Waals surface area (Å²) < 4.78 is 1.90. The summed E-state index contributed by atoms with van der Waals surface area (Å²) in [7, 11) is 3.73. The highest BCUT2D eigenvalue weighted by molar-refractivity contribution is 14.0. The Morgan fingerprint density at radius 1 is 1.19 bits per heavy atom. The van der Waals surface area contributed by atoms with Gasteiger partial charge in [0, 0.05) is 43.9 Å². The van der Waals surface area contributed by atoms with Gasteiger partial charge in [-0.2, -0.15) is 5.10 Å². The lowest BCUT2D eigenvalue weighted by Gasteiger charge is -2.27. The van der Waals surface area contributed by atoms with Crippen LogP contribution in [-0.2, 0) is 19.0 Å². The summed E-state index contributed by atoms with van der Waals surface area (Å²) in [6.07, 6.45) is 0. The van der Waals surface area contributed by atoms with E-state index < -0.39 is 0 Å². The van der Waals surface area contributed by atoms with Gasteiger partial charge in [-0.3, -0.25) is 9.67 Å². The van der Waals surface area contributed by atoms with Crippen LogP contribution in [0.1, 0.15) is 36.4 Å². The molecule has 27 heavy (non-hydrogen) atoms. The van der Waals surface area contributed by atoms with Gasteiger partial charge in [0.05, 0.1) is 15.7 Å². The summed E-state index contributed by atoms with van der Waals surface area (Å²) in [5, 5.41) is 12.3. The summed E-state index contributed by atoms with van der Waals surface area (Å²) in [5.41, 5.74) is 4.37. The van der Waals surface area contributed by atoms with E-state index in [1.54, 1.807) is 7.05 Å². The Kier molecular flexibility index (Phi) is 8.89. The number of halogens is 3. The van der Waals surface area contributed by atoms with Crippen LogP contribution in [-0.4, -0.2) is 29.3 Å². The highest BCUT2D eigenvalue weighted by Gasteiger charge is 2.22. The summed E-state index contributed by atoms with van der Waals surface area (Å²) in [6.45, 7) is 9.78. The minimum Gasteiger partial charge on any atom is -0.356 e. The third-order valence-electron chi connectivity index (χ3n) is 4.71. The topological polar surface area (TPSA) is 54.2 Å². The molecule has 1 aromatic carbocycles. The molecule has 0 bridgehead atoms. The largest absolute Gasteiger partial charge is 0.356 e. The van der Waals surface area contributed by atoms with Crippen molar-refractivity contribution in [1.29, 1.82) is 0 Å². The molecule has 0 atom stereocenters. The van der Waals surface area contributed by atoms with Gasteiger partial charge in [-0.05, 0) is 31.5 Å². The van der Waals surface area contributed by atoms with Gasteiger partial charge < -0.3 is 10.6 Å². The maximum Gasteiger partial charge on any atom is 0.191 e. The van der Waals surface area contributed by atoms with Gasteiger partial charge >= 0.3 is 0 Å². The fourth-order valence-electron chi connectivity index (χ4n) is 2.79. The molecule has 0 fully saturated rings. The average molecular weight is 524 g/mol. The van der Waals surface area contributed by atoms with Crippen molar-refractivity contribution in [3.8, 4) is 0 Å². The Bertz CT molecular complexity index is 815. The van der Waals surface area contributed by atoms with Gasteiger partial charge in [-0.15, -0.1) is 24.0 Å². The normalized spacial score (nSPS) is 11.9. The number of rotatable bonds is 5. The Labute approximate surface area is 188 Å². The van der Waals surface area contributed by atoms with Gasteiger partial charge in [-0.1, -0.05) is 43.1 Å². The Balaban J connectivity index is 0.00000364. The molecule has 0 radical (unpaired) electrons. The molecule has 0 saturated carbocycles. The lowest BCUT2D eigenvalue weighted by molar-refractivity contribution is 0.508. The van der Waals surface area contributed by atoms with E-state index in [9.17, 15) is 0 Å². The molecule has 0 aliphatic heterocycles. The van der Waals surface area contributed by atoms with Crippen molar-refractivity contribution in [1.82, 2.24) is 20.4 Å². The number of nitrogens with one attached hydrogen (secondary N) is 2. The number of benzene rings is 1. The maximum absolute atomic E-state index is 6.16. The zero-order valence-corrected chi connectivity index (χ0v) is 20.5. The first kappa shape index (κ1) is 24.0. The van der Waals surface area contributed by atoms with Gasteiger partial charge in [0.25, 0.3) is 0 Å². The summed E-state index contributed by atoms with van der Waals surface area (Å²) in [6, 6.07) is 5.76. The number of hydrogen-bond acceptors (Lipinski definition) is 2. The van der Waals surface area contributed by atoms with Crippen LogP contribution in [0.2, 0.25) is 10.0 Å². The Morgan fingerprint density at radius 3 is 2.37 bits per heavy atom. The number of aryl methyl sites for hydroxylation is 2. The molecule has 2 N–H and O–H groups in total. The van der Waals surface area contributed by atoms with E-state index in [4.69, 9.17) is 23.2 Å². The van der Waals surface area contributed by atoms with Crippen LogP contribution < -0.4 is 10.6 Å². The smallest absolute Gasteiger partial charge is 0.191 e. The number of hydrogen-bond donors (Lipinski definition) is 2. The molecule has 0 aliphatic rings. The van der Waals surface area contributed by atoms with E-state index in [0.717, 1.165) is 22.9 Å². The molecule has 0 saturated heterocycles. The van der Waals surface area contributed by atoms with Gasteiger partial charge in [0.2, 0.25) is 0 Å². The first-order valence-electron chi connectivity index (χ1n) is 8.55. The third kappa shape index (κ3) is 5.99. The SMILES string of the molecule is CN=C(NCc1c(C)nn(C)c1C)NCC(C)(C)c1ccc(Cl)c(Cl)c1.I. The molecule has 2 rings (SSSR count). The van der Waals surface area contributed by atoms with E-state index in [1.807, 2.05) is 36.9 Å². The van der Waals surface area contributed by atoms with E-state index in [0.29, 0.717) is 23.1 Å². The Hall–Kier alpha value is -0.990. The predicted molar refractivity (Wildman–Crippen MR) is 126 cm³/mol. The zero-order valence-electron chi connectivity index (χ0n) is 16.7. The highest BCUT2D eigenvalue weighted by atomic mass is 127. The molecule has 0 amide bonds. The van der Waals surface area contributed by atoms with E-state index in [1.165, 1.54) is 5.56 Å². The van der Waals surface area contributed by atoms with Crippen molar-refractivity contribution in [3.63, 3.8) is 0 Å². The van der Waals surface area contributed by atoms with E-state index >= 15 is 0 Å². The number of guanidine groups is 1. The summed E-state index contributed by atoms with van der Waals surface area (Å²) in [4.78, 5) is 4.32. The van der Waals surface area contributed by atoms with Gasteiger partial charge in [-0.25, -0.2) is 0 Å². The molecule has 0 aliphatic carbocycles. The lowest BCUT2D eigenvalue weighted by atomic mass is 9.84. The quantitative estimate of drug-likeness (QED) is 0.342. The van der Waals surface area contributed by atoms with Crippen LogP contribution >= 0.6 is 47.2 Å². The number of aliphatic imine (C=N–C) groups is 1. The summed E-state index contributed by atoms with van der Waals surface area (Å²) >= 11 is 12.2. The molecular formula is C19H28Cl2IN5. The fraction of sp³-hybridized carbons (Fsp3) is 0.474. The zero-order chi connectivity index (χ0) is 19.5. The van der Waals surface area contributed by atoms with Gasteiger partial charge in [0.15, 0.2) is 5.96 Å². The first-order chi connectivity index (χ1) is 12.2. The summed E-state index contributed by atoms with van der Waals surface area (Å²) in [5.74, 6) is 0.751. The fourth-order valence-corrected chi connectivity index (χ4v) is 3.09. The van der Waals surface area contributed by atoms with Crippen LogP contribution in [0.15, 0.2) is 23.2 Å². The molecule has 0 spiro atoms. The van der Waals surface area contributed by atoms with Crippen molar-refractivity contribution >= 4 is 53.1 Å². The minimum atomic E-state index is -0.133. The van der Waals surface area contributed by atoms with Crippen LogP contribution in [0.25, 0.3) is 0 Å². The van der Waals surface area contributed by atoms with Crippen LogP contribution in [0.4, 0.5) is 0 Å². The second kappa shape index (κ2) is 9.98. The van der Waals surface area contributed by atoms with Crippen molar-refractivity contribution in [3.05, 3.63) is 50.8 Å². The minimum absolute atomic E-state index is 0. The molecule has 5 nitrogen and oxygen atoms in total. The second-order valence-corrected chi connectivity index (χ2v) is 7.88. The van der Waals surface area contributed by atoms with Crippen molar-refractivity contribution in [2.75, 3.05) is 13.6 Å². The molecule has 1 heterocycles. The van der Waals surface area contributed by atoms with E-state index in [-0.39, 0.29) is 29.4 Å². The number of nitrogens with zero attached hydrogens (tertiary/aromatic N) is 3. The molecular weight excluding hydrogens is 496 g/mol. The maximum atomic E-state index is 6.16.